The van der Waals surface area contributed by atoms with Crippen LogP contribution in [-0.4, -0.2) is 39.3 Å². The van der Waals surface area contributed by atoms with E-state index in [0.717, 1.165) is 31.5 Å². The van der Waals surface area contributed by atoms with Gasteiger partial charge in [-0.25, -0.2) is 0 Å². The number of ether oxygens (including phenoxy) is 1. The molecule has 0 aliphatic carbocycles. The van der Waals surface area contributed by atoms with Crippen molar-refractivity contribution in [2.45, 2.75) is 19.8 Å². The number of amides is 1. The normalized spacial score (nSPS) is 17.9. The molecule has 20 heavy (non-hydrogen) atoms. The molecule has 1 aliphatic heterocycles. The van der Waals surface area contributed by atoms with Gasteiger partial charge in [-0.2, -0.15) is 0 Å². The molecule has 0 unspecified atom stereocenters. The Labute approximate surface area is 128 Å². The van der Waals surface area contributed by atoms with E-state index in [1.807, 2.05) is 12.3 Å². The summed E-state index contributed by atoms with van der Waals surface area (Å²) >= 11 is 7.53. The van der Waals surface area contributed by atoms with Gasteiger partial charge in [-0.15, -0.1) is 11.3 Å². The van der Waals surface area contributed by atoms with Crippen LogP contribution < -0.4 is 10.6 Å². The minimum absolute atomic E-state index is 0.0362. The molecular weight excluding hydrogens is 296 g/mol. The molecule has 2 rings (SSSR count). The minimum atomic E-state index is -0.0814. The topological polar surface area (TPSA) is 50.4 Å². The largest absolute Gasteiger partial charge is 0.384 e. The third-order valence-corrected chi connectivity index (χ3v) is 5.54. The number of nitrogens with one attached hydrogen (secondary N) is 2. The van der Waals surface area contributed by atoms with Crippen molar-refractivity contribution in [3.05, 3.63) is 20.8 Å². The highest BCUT2D eigenvalue weighted by Crippen LogP contribution is 2.30. The van der Waals surface area contributed by atoms with Crippen LogP contribution in [0.1, 0.15) is 28.1 Å². The van der Waals surface area contributed by atoms with E-state index in [1.165, 1.54) is 11.3 Å². The van der Waals surface area contributed by atoms with Gasteiger partial charge in [0.25, 0.3) is 5.91 Å². The number of rotatable bonds is 5. The van der Waals surface area contributed by atoms with Gasteiger partial charge in [-0.3, -0.25) is 4.79 Å². The molecule has 1 aromatic rings. The molecule has 6 heteroatoms. The summed E-state index contributed by atoms with van der Waals surface area (Å²) in [6, 6.07) is 0. The predicted molar refractivity (Wildman–Crippen MR) is 82.8 cm³/mol. The molecular formula is C14H21ClN2O2S. The standard InChI is InChI=1S/C14H21ClN2O2S/c1-10-7-20-12(11(10)15)13(18)17-8-14(9-19-2)3-5-16-6-4-14/h7,16H,3-6,8-9H2,1-2H3,(H,17,18). The van der Waals surface area contributed by atoms with Gasteiger partial charge in [-0.1, -0.05) is 11.6 Å². The quantitative estimate of drug-likeness (QED) is 0.877. The Bertz CT molecular complexity index is 464. The highest BCUT2D eigenvalue weighted by molar-refractivity contribution is 7.13. The minimum Gasteiger partial charge on any atom is -0.384 e. The summed E-state index contributed by atoms with van der Waals surface area (Å²) in [5, 5.41) is 8.85. The number of aryl methyl sites for hydroxylation is 1. The van der Waals surface area contributed by atoms with Crippen LogP contribution in [0.2, 0.25) is 5.02 Å². The first-order valence-corrected chi connectivity index (χ1v) is 8.05. The first-order chi connectivity index (χ1) is 9.58. The van der Waals surface area contributed by atoms with Gasteiger partial charge in [0.1, 0.15) is 4.88 Å². The molecule has 2 heterocycles. The SMILES string of the molecule is COCC1(CNC(=O)c2scc(C)c2Cl)CCNCC1. The Hall–Kier alpha value is -0.620. The van der Waals surface area contributed by atoms with E-state index in [9.17, 15) is 4.79 Å². The van der Waals surface area contributed by atoms with Crippen molar-refractivity contribution in [3.8, 4) is 0 Å². The second-order valence-electron chi connectivity index (χ2n) is 5.43. The zero-order chi connectivity index (χ0) is 14.6. The Morgan fingerprint density at radius 1 is 1.55 bits per heavy atom. The smallest absolute Gasteiger partial charge is 0.262 e. The summed E-state index contributed by atoms with van der Waals surface area (Å²) in [4.78, 5) is 12.8. The Kier molecular flexibility index (Phi) is 5.43. The average molecular weight is 317 g/mol. The lowest BCUT2D eigenvalue weighted by molar-refractivity contribution is 0.0512. The molecule has 112 valence electrons. The van der Waals surface area contributed by atoms with Crippen LogP contribution in [0, 0.1) is 12.3 Å². The van der Waals surface area contributed by atoms with Gasteiger partial charge in [0.05, 0.1) is 11.6 Å². The number of halogens is 1. The monoisotopic (exact) mass is 316 g/mol. The third kappa shape index (κ3) is 3.52. The second-order valence-corrected chi connectivity index (χ2v) is 6.69. The van der Waals surface area contributed by atoms with E-state index in [-0.39, 0.29) is 11.3 Å². The van der Waals surface area contributed by atoms with Crippen molar-refractivity contribution in [2.75, 3.05) is 33.4 Å². The van der Waals surface area contributed by atoms with Gasteiger partial charge in [0.15, 0.2) is 0 Å². The number of hydrogen-bond donors (Lipinski definition) is 2. The summed E-state index contributed by atoms with van der Waals surface area (Å²) in [5.74, 6) is -0.0814. The van der Waals surface area contributed by atoms with Crippen molar-refractivity contribution < 1.29 is 9.53 Å². The van der Waals surface area contributed by atoms with Crippen molar-refractivity contribution in [2.24, 2.45) is 5.41 Å². The van der Waals surface area contributed by atoms with Crippen LogP contribution in [0.3, 0.4) is 0 Å². The molecule has 1 amide bonds. The maximum Gasteiger partial charge on any atom is 0.262 e. The molecule has 1 saturated heterocycles. The van der Waals surface area contributed by atoms with Gasteiger partial charge in [-0.05, 0) is 43.8 Å². The van der Waals surface area contributed by atoms with Crippen LogP contribution in [0.15, 0.2) is 5.38 Å². The lowest BCUT2D eigenvalue weighted by Crippen LogP contribution is -2.47. The van der Waals surface area contributed by atoms with Crippen molar-refractivity contribution in [3.63, 3.8) is 0 Å². The predicted octanol–water partition coefficient (Wildman–Crippen LogP) is 2.46. The molecule has 0 bridgehead atoms. The fraction of sp³-hybridized carbons (Fsp3) is 0.643. The highest BCUT2D eigenvalue weighted by atomic mass is 35.5. The van der Waals surface area contributed by atoms with Crippen LogP contribution >= 0.6 is 22.9 Å². The fourth-order valence-corrected chi connectivity index (χ4v) is 3.76. The summed E-state index contributed by atoms with van der Waals surface area (Å²) in [6.07, 6.45) is 2.02. The van der Waals surface area contributed by atoms with Crippen molar-refractivity contribution in [1.82, 2.24) is 10.6 Å². The number of methoxy groups -OCH3 is 1. The molecule has 2 N–H and O–H groups in total. The zero-order valence-corrected chi connectivity index (χ0v) is 13.5. The molecule has 0 spiro atoms. The summed E-state index contributed by atoms with van der Waals surface area (Å²) in [5.41, 5.74) is 0.990. The van der Waals surface area contributed by atoms with E-state index < -0.39 is 0 Å². The van der Waals surface area contributed by atoms with Gasteiger partial charge in [0, 0.05) is 19.1 Å². The molecule has 0 atom stereocenters. The number of carbonyl (C=O) groups excluding carboxylic acids is 1. The number of piperidine rings is 1. The zero-order valence-electron chi connectivity index (χ0n) is 11.9. The van der Waals surface area contributed by atoms with E-state index in [0.29, 0.717) is 23.1 Å². The summed E-state index contributed by atoms with van der Waals surface area (Å²) < 4.78 is 5.35. The van der Waals surface area contributed by atoms with Crippen molar-refractivity contribution in [1.29, 1.82) is 0 Å². The number of thiophene rings is 1. The average Bonchev–Trinajstić information content (AvgIpc) is 2.78. The fourth-order valence-electron chi connectivity index (χ4n) is 2.57. The Morgan fingerprint density at radius 3 is 2.80 bits per heavy atom. The van der Waals surface area contributed by atoms with Crippen LogP contribution in [0.25, 0.3) is 0 Å². The third-order valence-electron chi connectivity index (χ3n) is 3.84. The molecule has 0 aromatic carbocycles. The molecule has 0 radical (unpaired) electrons. The number of hydrogen-bond acceptors (Lipinski definition) is 4. The van der Waals surface area contributed by atoms with E-state index in [4.69, 9.17) is 16.3 Å². The first kappa shape index (κ1) is 15.8. The second kappa shape index (κ2) is 6.89. The van der Waals surface area contributed by atoms with Gasteiger partial charge in [0.2, 0.25) is 0 Å². The summed E-state index contributed by atoms with van der Waals surface area (Å²) in [6.45, 7) is 5.16. The van der Waals surface area contributed by atoms with E-state index >= 15 is 0 Å². The van der Waals surface area contributed by atoms with E-state index in [2.05, 4.69) is 10.6 Å². The Balaban J connectivity index is 1.98. The van der Waals surface area contributed by atoms with Gasteiger partial charge >= 0.3 is 0 Å². The van der Waals surface area contributed by atoms with E-state index in [1.54, 1.807) is 7.11 Å². The maximum atomic E-state index is 12.2. The molecule has 1 aromatic heterocycles. The van der Waals surface area contributed by atoms with Crippen molar-refractivity contribution >= 4 is 28.8 Å². The molecule has 4 nitrogen and oxygen atoms in total. The van der Waals surface area contributed by atoms with Crippen LogP contribution in [0.5, 0.6) is 0 Å². The highest BCUT2D eigenvalue weighted by Gasteiger charge is 2.32. The maximum absolute atomic E-state index is 12.2. The first-order valence-electron chi connectivity index (χ1n) is 6.79. The lowest BCUT2D eigenvalue weighted by atomic mass is 9.79. The molecule has 1 fully saturated rings. The number of carbonyl (C=O) groups is 1. The van der Waals surface area contributed by atoms with Crippen LogP contribution in [-0.2, 0) is 4.74 Å². The van der Waals surface area contributed by atoms with Gasteiger partial charge < -0.3 is 15.4 Å². The van der Waals surface area contributed by atoms with Crippen LogP contribution in [0.4, 0.5) is 0 Å². The molecule has 0 saturated carbocycles. The summed E-state index contributed by atoms with van der Waals surface area (Å²) in [7, 11) is 1.71. The Morgan fingerprint density at radius 2 is 2.25 bits per heavy atom. The lowest BCUT2D eigenvalue weighted by Gasteiger charge is -2.37. The molecule has 1 aliphatic rings.